The van der Waals surface area contributed by atoms with Gasteiger partial charge in [-0.2, -0.15) is 0 Å². The van der Waals surface area contributed by atoms with Gasteiger partial charge in [-0.05, 0) is 76.9 Å². The fourth-order valence-electron chi connectivity index (χ4n) is 3.59. The topological polar surface area (TPSA) is 26.3 Å². The Kier molecular flexibility index (Phi) is 10.8. The van der Waals surface area contributed by atoms with E-state index in [0.29, 0.717) is 11.3 Å². The maximum Gasteiger partial charge on any atom is 0.343 e. The van der Waals surface area contributed by atoms with Crippen LogP contribution in [0.4, 0.5) is 0 Å². The van der Waals surface area contributed by atoms with Crippen molar-refractivity contribution in [1.29, 1.82) is 0 Å². The number of hydrogen-bond donors (Lipinski definition) is 0. The van der Waals surface area contributed by atoms with Crippen molar-refractivity contribution in [3.63, 3.8) is 0 Å². The number of benzene rings is 5. The van der Waals surface area contributed by atoms with Gasteiger partial charge in [-0.25, -0.2) is 4.79 Å². The van der Waals surface area contributed by atoms with Crippen LogP contribution in [0.3, 0.4) is 0 Å². The van der Waals surface area contributed by atoms with Gasteiger partial charge in [0.1, 0.15) is 5.75 Å². The molecule has 0 amide bonds. The monoisotopic (exact) mass is 514 g/mol. The molecule has 5 aromatic rings. The summed E-state index contributed by atoms with van der Waals surface area (Å²) in [5.74, 6) is 0.245. The summed E-state index contributed by atoms with van der Waals surface area (Å²) in [4.78, 5) is 11.8. The first-order valence-corrected chi connectivity index (χ1v) is 13.2. The molecular weight excluding hydrogens is 476 g/mol. The fraction of sp³-hybridized carbons (Fsp3) is 0.162. The Hall–Kier alpha value is -4.43. The van der Waals surface area contributed by atoms with Gasteiger partial charge in [-0.3, -0.25) is 0 Å². The summed E-state index contributed by atoms with van der Waals surface area (Å²) < 4.78 is 5.26. The maximum atomic E-state index is 11.8. The predicted molar refractivity (Wildman–Crippen MR) is 165 cm³/mol. The van der Waals surface area contributed by atoms with E-state index in [1.165, 1.54) is 33.4 Å². The predicted octanol–water partition coefficient (Wildman–Crippen LogP) is 9.80. The van der Waals surface area contributed by atoms with Crippen LogP contribution in [0.5, 0.6) is 5.75 Å². The molecule has 0 unspecified atom stereocenters. The molecule has 39 heavy (non-hydrogen) atoms. The third kappa shape index (κ3) is 10.1. The number of esters is 1. The van der Waals surface area contributed by atoms with E-state index in [0.717, 1.165) is 11.1 Å². The minimum Gasteiger partial charge on any atom is -0.423 e. The second-order valence-corrected chi connectivity index (χ2v) is 9.96. The molecule has 0 bridgehead atoms. The molecule has 2 nitrogen and oxygen atoms in total. The molecule has 2 heteroatoms. The highest BCUT2D eigenvalue weighted by Gasteiger charge is 2.07. The van der Waals surface area contributed by atoms with Gasteiger partial charge in [0.2, 0.25) is 0 Å². The molecule has 0 aliphatic carbocycles. The highest BCUT2D eigenvalue weighted by atomic mass is 16.5. The summed E-state index contributed by atoms with van der Waals surface area (Å²) in [6.07, 6.45) is 0. The van der Waals surface area contributed by atoms with Crippen molar-refractivity contribution in [3.8, 4) is 16.9 Å². The maximum absolute atomic E-state index is 11.8. The Balaban J connectivity index is 0.000000172. The fourth-order valence-corrected chi connectivity index (χ4v) is 3.59. The number of carbonyl (C=O) groups excluding carboxylic acids is 1. The number of rotatable bonds is 3. The van der Waals surface area contributed by atoms with Crippen LogP contribution in [0.15, 0.2) is 121 Å². The number of aryl methyl sites for hydroxylation is 6. The zero-order valence-electron chi connectivity index (χ0n) is 23.9. The lowest BCUT2D eigenvalue weighted by atomic mass is 10.0. The van der Waals surface area contributed by atoms with Crippen LogP contribution < -0.4 is 4.74 Å². The first kappa shape index (κ1) is 29.1. The zero-order valence-corrected chi connectivity index (χ0v) is 23.9. The second kappa shape index (κ2) is 14.5. The Bertz CT molecular complexity index is 1360. The van der Waals surface area contributed by atoms with E-state index in [1.54, 1.807) is 24.3 Å². The van der Waals surface area contributed by atoms with Crippen molar-refractivity contribution in [1.82, 2.24) is 0 Å². The molecule has 198 valence electrons. The molecule has 0 saturated carbocycles. The van der Waals surface area contributed by atoms with E-state index in [9.17, 15) is 4.79 Å². The van der Waals surface area contributed by atoms with Crippen molar-refractivity contribution in [2.24, 2.45) is 0 Å². The van der Waals surface area contributed by atoms with Gasteiger partial charge in [0, 0.05) is 0 Å². The van der Waals surface area contributed by atoms with Crippen LogP contribution in [0.1, 0.15) is 43.7 Å². The van der Waals surface area contributed by atoms with Crippen LogP contribution in [-0.2, 0) is 0 Å². The standard InChI is InChI=1S/C15H14O2.C14H14.C8H10/c1-11-3-7-13(8-4-11)15(16)17-14-9-5-12(2)6-10-14;1-11-3-7-13(8-4-11)14-9-5-12(2)6-10-14;1-7-3-5-8(2)6-4-7/h3-10H,1-2H3;3-10H,1-2H3;3-6H,1-2H3. The van der Waals surface area contributed by atoms with Crippen LogP contribution in [-0.4, -0.2) is 5.97 Å². The first-order chi connectivity index (χ1) is 18.7. The SMILES string of the molecule is Cc1ccc(-c2ccc(C)cc2)cc1.Cc1ccc(C)cc1.Cc1ccc(OC(=O)c2ccc(C)cc2)cc1. The lowest BCUT2D eigenvalue weighted by molar-refractivity contribution is 0.0734. The van der Waals surface area contributed by atoms with Crippen molar-refractivity contribution < 1.29 is 9.53 Å². The minimum atomic E-state index is -0.325. The van der Waals surface area contributed by atoms with E-state index >= 15 is 0 Å². The van der Waals surface area contributed by atoms with E-state index in [4.69, 9.17) is 4.74 Å². The molecule has 5 rings (SSSR count). The molecule has 0 aliphatic heterocycles. The van der Waals surface area contributed by atoms with Crippen molar-refractivity contribution in [3.05, 3.63) is 160 Å². The summed E-state index contributed by atoms with van der Waals surface area (Å²) in [7, 11) is 0. The quantitative estimate of drug-likeness (QED) is 0.177. The van der Waals surface area contributed by atoms with Crippen LogP contribution in [0, 0.1) is 41.5 Å². The number of ether oxygens (including phenoxy) is 1. The zero-order chi connectivity index (χ0) is 28.2. The summed E-state index contributed by atoms with van der Waals surface area (Å²) in [5.41, 5.74) is 10.7. The van der Waals surface area contributed by atoms with Gasteiger partial charge in [0.05, 0.1) is 5.56 Å². The highest BCUT2D eigenvalue weighted by Crippen LogP contribution is 2.20. The normalized spacial score (nSPS) is 9.90. The van der Waals surface area contributed by atoms with Crippen molar-refractivity contribution >= 4 is 5.97 Å². The van der Waals surface area contributed by atoms with E-state index in [1.807, 2.05) is 38.1 Å². The number of hydrogen-bond acceptors (Lipinski definition) is 2. The minimum absolute atomic E-state index is 0.325. The van der Waals surface area contributed by atoms with Crippen LogP contribution in [0.2, 0.25) is 0 Å². The van der Waals surface area contributed by atoms with Gasteiger partial charge in [0.15, 0.2) is 0 Å². The Labute approximate surface area is 234 Å². The summed E-state index contributed by atoms with van der Waals surface area (Å²) in [6.45, 7) is 12.4. The molecule has 0 aliphatic rings. The summed E-state index contributed by atoms with van der Waals surface area (Å²) in [6, 6.07) is 40.5. The van der Waals surface area contributed by atoms with Gasteiger partial charge in [0.25, 0.3) is 0 Å². The van der Waals surface area contributed by atoms with E-state index in [-0.39, 0.29) is 5.97 Å². The smallest absolute Gasteiger partial charge is 0.343 e. The second-order valence-electron chi connectivity index (χ2n) is 9.96. The van der Waals surface area contributed by atoms with Crippen molar-refractivity contribution in [2.75, 3.05) is 0 Å². The molecule has 0 radical (unpaired) electrons. The Morgan fingerprint density at radius 1 is 0.385 bits per heavy atom. The van der Waals surface area contributed by atoms with Crippen molar-refractivity contribution in [2.45, 2.75) is 41.5 Å². The number of carbonyl (C=O) groups is 1. The molecule has 0 spiro atoms. The van der Waals surface area contributed by atoms with Crippen LogP contribution >= 0.6 is 0 Å². The summed E-state index contributed by atoms with van der Waals surface area (Å²) >= 11 is 0. The average Bonchev–Trinajstić information content (AvgIpc) is 2.94. The third-order valence-corrected chi connectivity index (χ3v) is 6.17. The van der Waals surface area contributed by atoms with E-state index in [2.05, 4.69) is 100 Å². The van der Waals surface area contributed by atoms with Gasteiger partial charge >= 0.3 is 5.97 Å². The van der Waals surface area contributed by atoms with E-state index < -0.39 is 0 Å². The highest BCUT2D eigenvalue weighted by molar-refractivity contribution is 5.91. The lowest BCUT2D eigenvalue weighted by Crippen LogP contribution is -2.08. The first-order valence-electron chi connectivity index (χ1n) is 13.2. The molecule has 0 aromatic heterocycles. The van der Waals surface area contributed by atoms with Gasteiger partial charge < -0.3 is 4.74 Å². The molecule has 0 heterocycles. The lowest BCUT2D eigenvalue weighted by Gasteiger charge is -2.04. The molecule has 0 atom stereocenters. The van der Waals surface area contributed by atoms with Crippen LogP contribution in [0.25, 0.3) is 11.1 Å². The van der Waals surface area contributed by atoms with Gasteiger partial charge in [-0.15, -0.1) is 0 Å². The summed E-state index contributed by atoms with van der Waals surface area (Å²) in [5, 5.41) is 0. The average molecular weight is 515 g/mol. The molecule has 0 saturated heterocycles. The van der Waals surface area contributed by atoms with Gasteiger partial charge in [-0.1, -0.05) is 130 Å². The molecular formula is C37H38O2. The molecule has 0 N–H and O–H groups in total. The Morgan fingerprint density at radius 2 is 0.641 bits per heavy atom. The Morgan fingerprint density at radius 3 is 0.974 bits per heavy atom. The molecule has 5 aromatic carbocycles. The largest absolute Gasteiger partial charge is 0.423 e. The molecule has 0 fully saturated rings. The third-order valence-electron chi connectivity index (χ3n) is 6.17.